The van der Waals surface area contributed by atoms with Gasteiger partial charge in [-0.1, -0.05) is 30.3 Å². The van der Waals surface area contributed by atoms with Gasteiger partial charge in [-0.05, 0) is 0 Å². The summed E-state index contributed by atoms with van der Waals surface area (Å²) in [6.45, 7) is 0.584. The second-order valence-electron chi connectivity index (χ2n) is 4.94. The first-order chi connectivity index (χ1) is 10.7. The minimum atomic E-state index is -1.89. The molecule has 2 N–H and O–H groups in total. The second-order valence-corrected chi connectivity index (χ2v) is 4.94. The number of fused-ring (bicyclic) bond motifs is 3. The van der Waals surface area contributed by atoms with Crippen molar-refractivity contribution >= 4 is 7.32 Å². The Morgan fingerprint density at radius 1 is 1.14 bits per heavy atom. The molecule has 3 aromatic rings. The SMILES string of the molecule is OB(O)O[n+]1ccc[n+]2c1-c1cnc(-c3ccccc3)n1C2. The average Bonchev–Trinajstić information content (AvgIpc) is 3.06. The Bertz CT molecular complexity index is 835. The van der Waals surface area contributed by atoms with E-state index < -0.39 is 7.32 Å². The lowest BCUT2D eigenvalue weighted by molar-refractivity contribution is -0.909. The molecule has 0 saturated heterocycles. The van der Waals surface area contributed by atoms with Crippen molar-refractivity contribution in [3.8, 4) is 22.9 Å². The van der Waals surface area contributed by atoms with E-state index in [9.17, 15) is 0 Å². The van der Waals surface area contributed by atoms with Crippen molar-refractivity contribution in [1.82, 2.24) is 9.55 Å². The number of benzene rings is 1. The molecule has 0 spiro atoms. The summed E-state index contributed by atoms with van der Waals surface area (Å²) in [7, 11) is -1.89. The highest BCUT2D eigenvalue weighted by molar-refractivity contribution is 6.32. The Hall–Kier alpha value is -2.71. The molecular weight excluding hydrogens is 283 g/mol. The maximum absolute atomic E-state index is 9.05. The second kappa shape index (κ2) is 4.94. The Morgan fingerprint density at radius 3 is 2.73 bits per heavy atom. The van der Waals surface area contributed by atoms with Gasteiger partial charge in [-0.3, -0.25) is 9.32 Å². The lowest BCUT2D eigenvalue weighted by atomic mass is 10.2. The molecule has 1 aliphatic heterocycles. The summed E-state index contributed by atoms with van der Waals surface area (Å²) in [5, 5.41) is 18.1. The predicted molar refractivity (Wildman–Crippen MR) is 75.7 cm³/mol. The molecule has 2 aromatic heterocycles. The third kappa shape index (κ3) is 1.97. The van der Waals surface area contributed by atoms with Gasteiger partial charge in [0, 0.05) is 5.56 Å². The quantitative estimate of drug-likeness (QED) is 0.376. The maximum atomic E-state index is 9.05. The summed E-state index contributed by atoms with van der Waals surface area (Å²) in [6.07, 6.45) is 5.28. The molecule has 7 nitrogen and oxygen atoms in total. The van der Waals surface area contributed by atoms with Crippen molar-refractivity contribution in [2.75, 3.05) is 0 Å². The molecule has 22 heavy (non-hydrogen) atoms. The highest BCUT2D eigenvalue weighted by Gasteiger charge is 2.41. The molecule has 0 fully saturated rings. The first-order valence-electron chi connectivity index (χ1n) is 6.83. The van der Waals surface area contributed by atoms with E-state index in [0.29, 0.717) is 12.5 Å². The van der Waals surface area contributed by atoms with Crippen molar-refractivity contribution in [2.45, 2.75) is 6.67 Å². The Labute approximate surface area is 126 Å². The van der Waals surface area contributed by atoms with Gasteiger partial charge in [0.05, 0.1) is 17.0 Å². The van der Waals surface area contributed by atoms with E-state index in [2.05, 4.69) is 4.98 Å². The van der Waals surface area contributed by atoms with E-state index >= 15 is 0 Å². The van der Waals surface area contributed by atoms with Gasteiger partial charge in [0.1, 0.15) is 5.82 Å². The van der Waals surface area contributed by atoms with Crippen molar-refractivity contribution in [3.05, 3.63) is 55.0 Å². The molecule has 0 saturated carbocycles. The summed E-state index contributed by atoms with van der Waals surface area (Å²) in [4.78, 5) is 4.48. The minimum absolute atomic E-state index is 0.584. The van der Waals surface area contributed by atoms with Gasteiger partial charge in [0.2, 0.25) is 18.6 Å². The van der Waals surface area contributed by atoms with E-state index in [1.165, 1.54) is 4.73 Å². The molecule has 1 aromatic carbocycles. The van der Waals surface area contributed by atoms with Gasteiger partial charge < -0.3 is 10.0 Å². The van der Waals surface area contributed by atoms with Gasteiger partial charge in [-0.15, -0.1) is 4.57 Å². The topological polar surface area (TPSA) is 75.3 Å². The van der Waals surface area contributed by atoms with Gasteiger partial charge in [-0.25, -0.2) is 4.98 Å². The van der Waals surface area contributed by atoms with Crippen LogP contribution >= 0.6 is 0 Å². The number of hydrogen-bond acceptors (Lipinski definition) is 4. The van der Waals surface area contributed by atoms with E-state index in [1.54, 1.807) is 18.5 Å². The van der Waals surface area contributed by atoms with Crippen LogP contribution in [0.3, 0.4) is 0 Å². The fourth-order valence-electron chi connectivity index (χ4n) is 2.72. The molecule has 0 amide bonds. The molecule has 3 heterocycles. The molecule has 0 unspecified atom stereocenters. The minimum Gasteiger partial charge on any atom is -0.387 e. The van der Waals surface area contributed by atoms with Gasteiger partial charge in [-0.2, -0.15) is 0 Å². The lowest BCUT2D eigenvalue weighted by Crippen LogP contribution is -2.57. The van der Waals surface area contributed by atoms with Crippen LogP contribution in [0.1, 0.15) is 0 Å². The molecule has 0 radical (unpaired) electrons. The monoisotopic (exact) mass is 296 g/mol. The summed E-state index contributed by atoms with van der Waals surface area (Å²) < 4.78 is 10.3. The van der Waals surface area contributed by atoms with Gasteiger partial charge >= 0.3 is 13.1 Å². The zero-order valence-electron chi connectivity index (χ0n) is 11.6. The first-order valence-corrected chi connectivity index (χ1v) is 6.83. The molecule has 4 rings (SSSR count). The summed E-state index contributed by atoms with van der Waals surface area (Å²) in [5.74, 6) is 1.56. The lowest BCUT2D eigenvalue weighted by Gasteiger charge is -2.00. The number of nitrogens with zero attached hydrogens (tertiary/aromatic N) is 4. The largest absolute Gasteiger partial charge is 0.772 e. The van der Waals surface area contributed by atoms with Crippen LogP contribution in [0.25, 0.3) is 22.9 Å². The molecule has 0 atom stereocenters. The molecule has 1 aliphatic rings. The van der Waals surface area contributed by atoms with Crippen molar-refractivity contribution < 1.29 is 24.1 Å². The smallest absolute Gasteiger partial charge is 0.387 e. The Morgan fingerprint density at radius 2 is 1.95 bits per heavy atom. The summed E-state index contributed by atoms with van der Waals surface area (Å²) >= 11 is 0. The summed E-state index contributed by atoms with van der Waals surface area (Å²) in [5.41, 5.74) is 1.87. The van der Waals surface area contributed by atoms with Crippen molar-refractivity contribution in [1.29, 1.82) is 0 Å². The zero-order valence-corrected chi connectivity index (χ0v) is 11.6. The van der Waals surface area contributed by atoms with Gasteiger partial charge in [0.15, 0.2) is 6.20 Å². The van der Waals surface area contributed by atoms with Crippen LogP contribution in [0.2, 0.25) is 0 Å². The highest BCUT2D eigenvalue weighted by atomic mass is 16.7. The molecule has 0 aliphatic carbocycles. The standard InChI is InChI=1S/C14H13BN4O3/c20-15(21)22-19-8-4-7-17-10-18-12(14(17)19)9-16-13(18)11-5-2-1-3-6-11/h1-9,20-21H,10H2/q+2. The normalized spacial score (nSPS) is 11.9. The van der Waals surface area contributed by atoms with E-state index in [-0.39, 0.29) is 0 Å². The predicted octanol–water partition coefficient (Wildman–Crippen LogP) is -0.991. The van der Waals surface area contributed by atoms with Gasteiger partial charge in [0.25, 0.3) is 0 Å². The van der Waals surface area contributed by atoms with Crippen LogP contribution in [0, 0.1) is 0 Å². The fourth-order valence-corrected chi connectivity index (χ4v) is 2.72. The molecular formula is C14H13BN4O3+2. The van der Waals surface area contributed by atoms with Crippen LogP contribution < -0.4 is 14.1 Å². The third-order valence-electron chi connectivity index (χ3n) is 3.59. The Balaban J connectivity index is 1.84. The van der Waals surface area contributed by atoms with Crippen LogP contribution in [0.15, 0.2) is 55.0 Å². The number of imidazole rings is 1. The number of aromatic nitrogens is 4. The molecule has 8 heteroatoms. The fraction of sp³-hybridized carbons (Fsp3) is 0.0714. The molecule has 0 bridgehead atoms. The third-order valence-corrected chi connectivity index (χ3v) is 3.59. The van der Waals surface area contributed by atoms with E-state index in [4.69, 9.17) is 14.8 Å². The van der Waals surface area contributed by atoms with Crippen molar-refractivity contribution in [2.24, 2.45) is 0 Å². The Kier molecular flexibility index (Phi) is 2.92. The van der Waals surface area contributed by atoms with Crippen LogP contribution in [0.5, 0.6) is 0 Å². The maximum Gasteiger partial charge on any atom is 0.772 e. The van der Waals surface area contributed by atoms with E-state index in [0.717, 1.165) is 17.1 Å². The van der Waals surface area contributed by atoms with Crippen molar-refractivity contribution in [3.63, 3.8) is 0 Å². The molecule has 108 valence electrons. The highest BCUT2D eigenvalue weighted by Crippen LogP contribution is 2.25. The number of rotatable bonds is 3. The first kappa shape index (κ1) is 13.0. The average molecular weight is 296 g/mol. The number of hydrogen-bond donors (Lipinski definition) is 2. The summed E-state index contributed by atoms with van der Waals surface area (Å²) in [6, 6.07) is 11.7. The van der Waals surface area contributed by atoms with Crippen LogP contribution in [0.4, 0.5) is 0 Å². The zero-order chi connectivity index (χ0) is 15.1. The van der Waals surface area contributed by atoms with Crippen LogP contribution in [-0.2, 0) is 6.67 Å². The van der Waals surface area contributed by atoms with Crippen LogP contribution in [-0.4, -0.2) is 26.9 Å². The van der Waals surface area contributed by atoms with E-state index in [1.807, 2.05) is 45.7 Å².